The topological polar surface area (TPSA) is 44.1 Å². The Labute approximate surface area is 182 Å². The summed E-state index contributed by atoms with van der Waals surface area (Å²) in [5, 5.41) is 0.232. The van der Waals surface area contributed by atoms with E-state index in [-0.39, 0.29) is 17.0 Å². The van der Waals surface area contributed by atoms with Gasteiger partial charge >= 0.3 is 0 Å². The van der Waals surface area contributed by atoms with Crippen molar-refractivity contribution in [3.8, 4) is 11.3 Å². The molecule has 1 unspecified atom stereocenters. The molecule has 2 heterocycles. The highest BCUT2D eigenvalue weighted by Gasteiger charge is 2.40. The summed E-state index contributed by atoms with van der Waals surface area (Å²) in [7, 11) is -1.74. The minimum Gasteiger partial charge on any atom is -0.414 e. The molecule has 4 nitrogen and oxygen atoms in total. The molecule has 0 bridgehead atoms. The van der Waals surface area contributed by atoms with Gasteiger partial charge in [-0.1, -0.05) is 39.0 Å². The van der Waals surface area contributed by atoms with E-state index in [4.69, 9.17) is 4.43 Å². The maximum Gasteiger partial charge on any atom is 0.192 e. The second-order valence-corrected chi connectivity index (χ2v) is 15.5. The Hall–Kier alpha value is -1.72. The Morgan fingerprint density at radius 2 is 1.90 bits per heavy atom. The largest absolute Gasteiger partial charge is 0.414 e. The summed E-state index contributed by atoms with van der Waals surface area (Å²) in [6, 6.07) is 6.52. The van der Waals surface area contributed by atoms with Crippen LogP contribution in [0.25, 0.3) is 11.3 Å². The predicted octanol–water partition coefficient (Wildman–Crippen LogP) is 6.30. The van der Waals surface area contributed by atoms with E-state index in [0.29, 0.717) is 18.3 Å². The molecule has 0 amide bonds. The van der Waals surface area contributed by atoms with Crippen LogP contribution < -0.4 is 0 Å². The number of hydrogen-bond donors (Lipinski definition) is 0. The van der Waals surface area contributed by atoms with Crippen LogP contribution in [0.3, 0.4) is 0 Å². The lowest BCUT2D eigenvalue weighted by Crippen LogP contribution is -2.45. The normalized spacial score (nSPS) is 23.9. The number of carbonyl (C=O) groups excluding carboxylic acids is 1. The fourth-order valence-electron chi connectivity index (χ4n) is 4.88. The summed E-state index contributed by atoms with van der Waals surface area (Å²) in [5.74, 6) is 0.574. The molecule has 1 aliphatic heterocycles. The van der Waals surface area contributed by atoms with Crippen molar-refractivity contribution < 1.29 is 9.22 Å². The molecule has 0 saturated heterocycles. The fourth-order valence-corrected chi connectivity index (χ4v) is 6.30. The summed E-state index contributed by atoms with van der Waals surface area (Å²) in [5.41, 5.74) is 4.94. The van der Waals surface area contributed by atoms with Crippen LogP contribution >= 0.6 is 0 Å². The van der Waals surface area contributed by atoms with Gasteiger partial charge in [-0.05, 0) is 61.9 Å². The smallest absolute Gasteiger partial charge is 0.192 e. The van der Waals surface area contributed by atoms with Gasteiger partial charge in [0, 0.05) is 24.0 Å². The van der Waals surface area contributed by atoms with Crippen molar-refractivity contribution in [1.29, 1.82) is 0 Å². The number of imidazole rings is 1. The number of carbonyl (C=O) groups is 1. The maximum absolute atomic E-state index is 13.3. The first kappa shape index (κ1) is 21.5. The van der Waals surface area contributed by atoms with E-state index in [9.17, 15) is 4.79 Å². The van der Waals surface area contributed by atoms with Crippen LogP contribution in [0.4, 0.5) is 0 Å². The van der Waals surface area contributed by atoms with E-state index >= 15 is 0 Å². The Balaban J connectivity index is 1.41. The lowest BCUT2D eigenvalue weighted by Gasteiger charge is -2.41. The van der Waals surface area contributed by atoms with Gasteiger partial charge < -0.3 is 8.99 Å². The lowest BCUT2D eigenvalue weighted by molar-refractivity contribution is -0.124. The molecule has 5 heteroatoms. The van der Waals surface area contributed by atoms with Crippen LogP contribution in [0.2, 0.25) is 18.1 Å². The fraction of sp³-hybridized carbons (Fsp3) is 0.600. The zero-order valence-electron chi connectivity index (χ0n) is 19.4. The van der Waals surface area contributed by atoms with Gasteiger partial charge in [0.2, 0.25) is 0 Å². The van der Waals surface area contributed by atoms with Gasteiger partial charge in [0.1, 0.15) is 5.78 Å². The third kappa shape index (κ3) is 3.82. The highest BCUT2D eigenvalue weighted by atomic mass is 28.4. The number of aromatic nitrogens is 2. The number of Topliss-reactive ketones (excluding diaryl/α,β-unsaturated/α-hetero) is 1. The molecular formula is C25H36N2O2Si. The third-order valence-corrected chi connectivity index (χ3v) is 12.2. The second-order valence-electron chi connectivity index (χ2n) is 10.8. The zero-order chi connectivity index (χ0) is 21.7. The molecule has 4 rings (SSSR count). The molecule has 0 spiro atoms. The van der Waals surface area contributed by atoms with E-state index in [2.05, 4.69) is 68.5 Å². The van der Waals surface area contributed by atoms with Gasteiger partial charge in [-0.2, -0.15) is 0 Å². The van der Waals surface area contributed by atoms with Crippen molar-refractivity contribution in [3.63, 3.8) is 0 Å². The second kappa shape index (κ2) is 7.76. The number of ketones is 1. The SMILES string of the molecule is Cc1cccc2c1-c1cncn1C2CC(=O)C1CCC(O[Si](C)(C)C(C)(C)C)CC1. The van der Waals surface area contributed by atoms with Crippen LogP contribution in [-0.2, 0) is 9.22 Å². The Morgan fingerprint density at radius 1 is 1.20 bits per heavy atom. The van der Waals surface area contributed by atoms with Gasteiger partial charge in [-0.25, -0.2) is 4.98 Å². The van der Waals surface area contributed by atoms with Crippen molar-refractivity contribution in [2.24, 2.45) is 5.92 Å². The van der Waals surface area contributed by atoms with Crippen molar-refractivity contribution in [2.45, 2.75) is 90.1 Å². The summed E-state index contributed by atoms with van der Waals surface area (Å²) in [6.07, 6.45) is 8.66. The molecule has 0 N–H and O–H groups in total. The van der Waals surface area contributed by atoms with Crippen LogP contribution in [0, 0.1) is 12.8 Å². The van der Waals surface area contributed by atoms with E-state index < -0.39 is 8.32 Å². The molecule has 1 aromatic carbocycles. The zero-order valence-corrected chi connectivity index (χ0v) is 20.4. The standard InChI is InChI=1S/C25H36N2O2Si/c1-17-8-7-9-20-21(27-16-26-15-22(27)24(17)20)14-23(28)18-10-12-19(13-11-18)29-30(5,6)25(2,3)4/h7-9,15-16,18-19,21H,10-14H2,1-6H3. The number of rotatable bonds is 5. The van der Waals surface area contributed by atoms with E-state index in [1.165, 1.54) is 16.7 Å². The summed E-state index contributed by atoms with van der Waals surface area (Å²) in [4.78, 5) is 17.6. The number of hydrogen-bond acceptors (Lipinski definition) is 3. The molecule has 1 fully saturated rings. The molecule has 1 atom stereocenters. The van der Waals surface area contributed by atoms with Crippen molar-refractivity contribution in [2.75, 3.05) is 0 Å². The average molecular weight is 425 g/mol. The lowest BCUT2D eigenvalue weighted by atomic mass is 9.82. The molecule has 2 aromatic rings. The average Bonchev–Trinajstić information content (AvgIpc) is 3.24. The minimum atomic E-state index is -1.74. The molecule has 1 saturated carbocycles. The van der Waals surface area contributed by atoms with Gasteiger partial charge in [0.25, 0.3) is 0 Å². The molecule has 1 aromatic heterocycles. The summed E-state index contributed by atoms with van der Waals surface area (Å²) < 4.78 is 8.81. The van der Waals surface area contributed by atoms with Crippen LogP contribution in [0.5, 0.6) is 0 Å². The van der Waals surface area contributed by atoms with Gasteiger partial charge in [-0.3, -0.25) is 4.79 Å². The van der Waals surface area contributed by atoms with Crippen LogP contribution in [0.1, 0.15) is 70.0 Å². The number of benzene rings is 1. The monoisotopic (exact) mass is 424 g/mol. The molecule has 0 radical (unpaired) electrons. The maximum atomic E-state index is 13.3. The first-order valence-electron chi connectivity index (χ1n) is 11.4. The first-order chi connectivity index (χ1) is 14.1. The molecule has 162 valence electrons. The Bertz CT molecular complexity index is 933. The predicted molar refractivity (Wildman–Crippen MR) is 124 cm³/mol. The van der Waals surface area contributed by atoms with Crippen molar-refractivity contribution in [3.05, 3.63) is 41.9 Å². The Kier molecular flexibility index (Phi) is 5.56. The first-order valence-corrected chi connectivity index (χ1v) is 14.3. The molecular weight excluding hydrogens is 388 g/mol. The van der Waals surface area contributed by atoms with E-state index in [1.807, 2.05) is 12.5 Å². The van der Waals surface area contributed by atoms with Crippen LogP contribution in [0.15, 0.2) is 30.7 Å². The minimum absolute atomic E-state index is 0.0890. The van der Waals surface area contributed by atoms with E-state index in [1.54, 1.807) is 0 Å². The van der Waals surface area contributed by atoms with Gasteiger partial charge in [0.15, 0.2) is 8.32 Å². The molecule has 30 heavy (non-hydrogen) atoms. The Morgan fingerprint density at radius 3 is 2.57 bits per heavy atom. The van der Waals surface area contributed by atoms with Gasteiger partial charge in [0.05, 0.1) is 24.3 Å². The highest BCUT2D eigenvalue weighted by Crippen LogP contribution is 2.44. The number of aryl methyl sites for hydroxylation is 1. The molecule has 2 aliphatic rings. The molecule has 1 aliphatic carbocycles. The summed E-state index contributed by atoms with van der Waals surface area (Å²) >= 11 is 0. The van der Waals surface area contributed by atoms with Crippen molar-refractivity contribution >= 4 is 14.1 Å². The summed E-state index contributed by atoms with van der Waals surface area (Å²) in [6.45, 7) is 13.7. The number of nitrogens with zero attached hydrogens (tertiary/aromatic N) is 2. The quantitative estimate of drug-likeness (QED) is 0.529. The van der Waals surface area contributed by atoms with Crippen molar-refractivity contribution in [1.82, 2.24) is 9.55 Å². The third-order valence-electron chi connectivity index (χ3n) is 7.71. The number of fused-ring (bicyclic) bond motifs is 3. The van der Waals surface area contributed by atoms with E-state index in [0.717, 1.165) is 31.4 Å². The highest BCUT2D eigenvalue weighted by molar-refractivity contribution is 6.74. The van der Waals surface area contributed by atoms with Gasteiger partial charge in [-0.15, -0.1) is 0 Å². The van der Waals surface area contributed by atoms with Crippen LogP contribution in [-0.4, -0.2) is 29.8 Å².